The van der Waals surface area contributed by atoms with Gasteiger partial charge in [-0.25, -0.2) is 8.42 Å². The standard InChI is InChI=1S/C16H32N4O2S/c1-7-17-14(19-12-15(2,3)16(19,4)5)18-11-13-9-8-10-20(13)23(6,21)22/h13H,7-12H2,1-6H3,(H,17,18)/t13-/m1/s1. The van der Waals surface area contributed by atoms with Crippen LogP contribution in [0.5, 0.6) is 0 Å². The molecule has 1 N–H and O–H groups in total. The van der Waals surface area contributed by atoms with E-state index in [0.29, 0.717) is 13.1 Å². The van der Waals surface area contributed by atoms with Crippen LogP contribution in [-0.2, 0) is 10.0 Å². The normalized spacial score (nSPS) is 27.8. The smallest absolute Gasteiger partial charge is 0.211 e. The molecule has 0 unspecified atom stereocenters. The molecule has 0 aromatic carbocycles. The van der Waals surface area contributed by atoms with Gasteiger partial charge in [-0.15, -0.1) is 0 Å². The first-order chi connectivity index (χ1) is 10.5. The number of sulfonamides is 1. The van der Waals surface area contributed by atoms with Gasteiger partial charge in [0.1, 0.15) is 0 Å². The minimum absolute atomic E-state index is 0.00365. The molecule has 134 valence electrons. The SMILES string of the molecule is CCNC(=NC[C@H]1CCCN1S(C)(=O)=O)N1CC(C)(C)C1(C)C. The largest absolute Gasteiger partial charge is 0.356 e. The second-order valence-corrected chi connectivity index (χ2v) is 9.83. The lowest BCUT2D eigenvalue weighted by Crippen LogP contribution is -2.72. The van der Waals surface area contributed by atoms with Crippen LogP contribution in [0.15, 0.2) is 4.99 Å². The van der Waals surface area contributed by atoms with Crippen LogP contribution < -0.4 is 5.32 Å². The van der Waals surface area contributed by atoms with Crippen molar-refractivity contribution >= 4 is 16.0 Å². The van der Waals surface area contributed by atoms with Gasteiger partial charge >= 0.3 is 0 Å². The van der Waals surface area contributed by atoms with Gasteiger partial charge in [0.25, 0.3) is 0 Å². The van der Waals surface area contributed by atoms with Gasteiger partial charge in [0.2, 0.25) is 10.0 Å². The molecule has 7 heteroatoms. The molecule has 0 spiro atoms. The fourth-order valence-electron chi connectivity index (χ4n) is 3.42. The third-order valence-electron chi connectivity index (χ3n) is 5.68. The van der Waals surface area contributed by atoms with Crippen LogP contribution in [0.4, 0.5) is 0 Å². The molecular weight excluding hydrogens is 312 g/mol. The molecular formula is C16H32N4O2S. The van der Waals surface area contributed by atoms with Crippen molar-refractivity contribution in [1.29, 1.82) is 0 Å². The molecule has 2 fully saturated rings. The summed E-state index contributed by atoms with van der Waals surface area (Å²) in [5.41, 5.74) is 0.287. The highest BCUT2D eigenvalue weighted by molar-refractivity contribution is 7.88. The lowest BCUT2D eigenvalue weighted by atomic mass is 9.65. The summed E-state index contributed by atoms with van der Waals surface area (Å²) in [5.74, 6) is 0.900. The number of hydrogen-bond donors (Lipinski definition) is 1. The van der Waals surface area contributed by atoms with Crippen molar-refractivity contribution < 1.29 is 8.42 Å². The molecule has 0 aromatic rings. The molecule has 2 aliphatic heterocycles. The lowest BCUT2D eigenvalue weighted by Gasteiger charge is -2.62. The second kappa shape index (κ2) is 6.24. The number of nitrogens with one attached hydrogen (secondary N) is 1. The van der Waals surface area contributed by atoms with Gasteiger partial charge in [-0.3, -0.25) is 4.99 Å². The Balaban J connectivity index is 2.12. The van der Waals surface area contributed by atoms with Crippen LogP contribution >= 0.6 is 0 Å². The van der Waals surface area contributed by atoms with Crippen molar-refractivity contribution in [2.75, 3.05) is 32.4 Å². The van der Waals surface area contributed by atoms with Crippen molar-refractivity contribution in [2.24, 2.45) is 10.4 Å². The van der Waals surface area contributed by atoms with E-state index >= 15 is 0 Å². The Morgan fingerprint density at radius 3 is 2.43 bits per heavy atom. The van der Waals surface area contributed by atoms with Gasteiger partial charge in [0.15, 0.2) is 5.96 Å². The van der Waals surface area contributed by atoms with Crippen molar-refractivity contribution in [3.05, 3.63) is 0 Å². The first-order valence-corrected chi connectivity index (χ1v) is 10.4. The number of nitrogens with zero attached hydrogens (tertiary/aromatic N) is 3. The summed E-state index contributed by atoms with van der Waals surface area (Å²) in [6, 6.07) is -0.00365. The Bertz CT molecular complexity index is 569. The Kier molecular flexibility index (Phi) is 5.02. The molecule has 1 atom stereocenters. The molecule has 0 aliphatic carbocycles. The molecule has 0 bridgehead atoms. The molecule has 23 heavy (non-hydrogen) atoms. The van der Waals surface area contributed by atoms with Gasteiger partial charge in [0.05, 0.1) is 12.8 Å². The summed E-state index contributed by atoms with van der Waals surface area (Å²) in [6.07, 6.45) is 3.11. The molecule has 6 nitrogen and oxygen atoms in total. The summed E-state index contributed by atoms with van der Waals surface area (Å²) in [7, 11) is -3.14. The fraction of sp³-hybridized carbons (Fsp3) is 0.938. The van der Waals surface area contributed by atoms with Crippen LogP contribution in [0, 0.1) is 5.41 Å². The van der Waals surface area contributed by atoms with E-state index in [1.807, 2.05) is 0 Å². The van der Waals surface area contributed by atoms with Crippen LogP contribution in [0.3, 0.4) is 0 Å². The number of rotatable bonds is 4. The Morgan fingerprint density at radius 2 is 1.96 bits per heavy atom. The van der Waals surface area contributed by atoms with Crippen LogP contribution in [0.1, 0.15) is 47.5 Å². The Hall–Kier alpha value is -0.820. The summed E-state index contributed by atoms with van der Waals surface area (Å²) in [4.78, 5) is 7.07. The van der Waals surface area contributed by atoms with E-state index in [0.717, 1.165) is 31.9 Å². The van der Waals surface area contributed by atoms with Gasteiger partial charge in [-0.05, 0) is 33.6 Å². The van der Waals surface area contributed by atoms with E-state index in [-0.39, 0.29) is 17.0 Å². The second-order valence-electron chi connectivity index (χ2n) is 7.89. The molecule has 2 heterocycles. The summed E-state index contributed by atoms with van der Waals surface area (Å²) < 4.78 is 25.3. The molecule has 2 rings (SSSR count). The minimum Gasteiger partial charge on any atom is -0.356 e. The van der Waals surface area contributed by atoms with Gasteiger partial charge < -0.3 is 10.2 Å². The quantitative estimate of drug-likeness (QED) is 0.620. The highest BCUT2D eigenvalue weighted by Crippen LogP contribution is 2.46. The van der Waals surface area contributed by atoms with Crippen molar-refractivity contribution in [1.82, 2.24) is 14.5 Å². The maximum atomic E-state index is 11.9. The molecule has 2 aliphatic rings. The summed E-state index contributed by atoms with van der Waals surface area (Å²) >= 11 is 0. The van der Waals surface area contributed by atoms with E-state index in [9.17, 15) is 8.42 Å². The monoisotopic (exact) mass is 344 g/mol. The van der Waals surface area contributed by atoms with E-state index in [2.05, 4.69) is 44.8 Å². The average Bonchev–Trinajstić information content (AvgIpc) is 2.89. The third-order valence-corrected chi connectivity index (χ3v) is 7.01. The third kappa shape index (κ3) is 3.50. The zero-order chi connectivity index (χ0) is 17.5. The van der Waals surface area contributed by atoms with E-state index in [4.69, 9.17) is 4.99 Å². The van der Waals surface area contributed by atoms with Crippen LogP contribution in [0.2, 0.25) is 0 Å². The number of likely N-dealkylation sites (tertiary alicyclic amines) is 1. The number of aliphatic imine (C=N–C) groups is 1. The van der Waals surface area contributed by atoms with E-state index in [1.54, 1.807) is 4.31 Å². The first kappa shape index (κ1) is 18.5. The predicted octanol–water partition coefficient (Wildman–Crippen LogP) is 1.50. The Labute approximate surface area is 141 Å². The minimum atomic E-state index is -3.14. The molecule has 0 radical (unpaired) electrons. The highest BCUT2D eigenvalue weighted by Gasteiger charge is 2.53. The fourth-order valence-corrected chi connectivity index (χ4v) is 4.59. The maximum Gasteiger partial charge on any atom is 0.211 e. The number of guanidine groups is 1. The Morgan fingerprint density at radius 1 is 1.30 bits per heavy atom. The lowest BCUT2D eigenvalue weighted by molar-refractivity contribution is -0.0667. The predicted molar refractivity (Wildman–Crippen MR) is 95.1 cm³/mol. The van der Waals surface area contributed by atoms with Gasteiger partial charge in [0, 0.05) is 36.6 Å². The van der Waals surface area contributed by atoms with Crippen molar-refractivity contribution in [3.63, 3.8) is 0 Å². The molecule has 0 amide bonds. The van der Waals surface area contributed by atoms with E-state index < -0.39 is 10.0 Å². The maximum absolute atomic E-state index is 11.9. The van der Waals surface area contributed by atoms with E-state index in [1.165, 1.54) is 6.26 Å². The molecule has 2 saturated heterocycles. The zero-order valence-electron chi connectivity index (χ0n) is 15.4. The first-order valence-electron chi connectivity index (χ1n) is 8.53. The average molecular weight is 345 g/mol. The van der Waals surface area contributed by atoms with Gasteiger partial charge in [-0.1, -0.05) is 13.8 Å². The van der Waals surface area contributed by atoms with Crippen LogP contribution in [-0.4, -0.2) is 67.6 Å². The summed E-state index contributed by atoms with van der Waals surface area (Å²) in [5, 5.41) is 3.36. The van der Waals surface area contributed by atoms with Gasteiger partial charge in [-0.2, -0.15) is 4.31 Å². The highest BCUT2D eigenvalue weighted by atomic mass is 32.2. The van der Waals surface area contributed by atoms with Crippen LogP contribution in [0.25, 0.3) is 0 Å². The van der Waals surface area contributed by atoms with Crippen molar-refractivity contribution in [2.45, 2.75) is 59.0 Å². The summed E-state index contributed by atoms with van der Waals surface area (Å²) in [6.45, 7) is 14.0. The zero-order valence-corrected chi connectivity index (χ0v) is 16.2. The molecule has 0 aromatic heterocycles. The van der Waals surface area contributed by atoms with Crippen molar-refractivity contribution in [3.8, 4) is 0 Å². The number of hydrogen-bond acceptors (Lipinski definition) is 3. The topological polar surface area (TPSA) is 65.0 Å². The molecule has 0 saturated carbocycles.